The standard InChI is InChI=1S/C16H12Cl2F3N5O/c1-8-4-14(22-15(27)12-6-13(24-23-12)16(19,20)21)25-26(8)7-9-2-3-10(17)11(18)5-9/h2-6H,7H2,1H3,(H,23,24)(H,22,25,27). The normalized spacial score (nSPS) is 11.6. The van der Waals surface area contributed by atoms with Crippen molar-refractivity contribution >= 4 is 34.9 Å². The van der Waals surface area contributed by atoms with Gasteiger partial charge in [-0.15, -0.1) is 0 Å². The van der Waals surface area contributed by atoms with Crippen LogP contribution in [-0.4, -0.2) is 25.9 Å². The molecule has 3 rings (SSSR count). The molecule has 3 aromatic rings. The third-order valence-corrected chi connectivity index (χ3v) is 4.39. The van der Waals surface area contributed by atoms with E-state index in [2.05, 4.69) is 15.5 Å². The van der Waals surface area contributed by atoms with Crippen molar-refractivity contribution < 1.29 is 18.0 Å². The van der Waals surface area contributed by atoms with E-state index in [1.54, 1.807) is 41.0 Å². The SMILES string of the molecule is Cc1cc(NC(=O)c2cc(C(F)(F)F)[nH]n2)nn1Cc1ccc(Cl)c(Cl)c1. The molecule has 142 valence electrons. The number of H-pyrrole nitrogens is 1. The number of nitrogens with one attached hydrogen (secondary N) is 2. The van der Waals surface area contributed by atoms with Gasteiger partial charge < -0.3 is 5.32 Å². The van der Waals surface area contributed by atoms with E-state index < -0.39 is 17.8 Å². The zero-order chi connectivity index (χ0) is 19.8. The fraction of sp³-hybridized carbons (Fsp3) is 0.188. The lowest BCUT2D eigenvalue weighted by Gasteiger charge is -2.06. The van der Waals surface area contributed by atoms with Gasteiger partial charge in [-0.05, 0) is 24.6 Å². The fourth-order valence-electron chi connectivity index (χ4n) is 2.31. The minimum Gasteiger partial charge on any atom is -0.304 e. The number of aromatic nitrogens is 4. The van der Waals surface area contributed by atoms with Gasteiger partial charge in [-0.3, -0.25) is 14.6 Å². The average molecular weight is 418 g/mol. The van der Waals surface area contributed by atoms with Gasteiger partial charge in [0.1, 0.15) is 5.69 Å². The molecule has 6 nitrogen and oxygen atoms in total. The van der Waals surface area contributed by atoms with E-state index in [1.807, 2.05) is 0 Å². The van der Waals surface area contributed by atoms with Crippen LogP contribution >= 0.6 is 23.2 Å². The van der Waals surface area contributed by atoms with Crippen LogP contribution in [0.1, 0.15) is 27.4 Å². The molecular formula is C16H12Cl2F3N5O. The molecule has 0 aliphatic carbocycles. The molecule has 0 saturated carbocycles. The van der Waals surface area contributed by atoms with Crippen LogP contribution in [0.3, 0.4) is 0 Å². The molecule has 0 aliphatic heterocycles. The third kappa shape index (κ3) is 4.42. The second-order valence-electron chi connectivity index (χ2n) is 5.70. The second kappa shape index (κ2) is 7.24. The first-order chi connectivity index (χ1) is 12.6. The molecule has 0 saturated heterocycles. The van der Waals surface area contributed by atoms with Gasteiger partial charge in [0.15, 0.2) is 11.5 Å². The number of anilines is 1. The van der Waals surface area contributed by atoms with E-state index >= 15 is 0 Å². The summed E-state index contributed by atoms with van der Waals surface area (Å²) in [6.45, 7) is 2.15. The summed E-state index contributed by atoms with van der Waals surface area (Å²) in [7, 11) is 0. The van der Waals surface area contributed by atoms with E-state index in [1.165, 1.54) is 0 Å². The van der Waals surface area contributed by atoms with Gasteiger partial charge in [-0.2, -0.15) is 23.4 Å². The molecule has 0 radical (unpaired) electrons. The smallest absolute Gasteiger partial charge is 0.304 e. The topological polar surface area (TPSA) is 75.6 Å². The molecule has 0 bridgehead atoms. The number of aromatic amines is 1. The highest BCUT2D eigenvalue weighted by molar-refractivity contribution is 6.42. The summed E-state index contributed by atoms with van der Waals surface area (Å²) < 4.78 is 39.3. The average Bonchev–Trinajstić information content (AvgIpc) is 3.18. The maximum absolute atomic E-state index is 12.6. The van der Waals surface area contributed by atoms with Crippen LogP contribution in [0.4, 0.5) is 19.0 Å². The lowest BCUT2D eigenvalue weighted by Crippen LogP contribution is -2.13. The van der Waals surface area contributed by atoms with E-state index in [0.29, 0.717) is 22.7 Å². The number of halogens is 5. The number of alkyl halides is 3. The number of hydrogen-bond donors (Lipinski definition) is 2. The van der Waals surface area contributed by atoms with E-state index in [-0.39, 0.29) is 11.5 Å². The monoisotopic (exact) mass is 417 g/mol. The van der Waals surface area contributed by atoms with Crippen molar-refractivity contribution in [2.75, 3.05) is 5.32 Å². The zero-order valence-electron chi connectivity index (χ0n) is 13.7. The molecule has 0 spiro atoms. The Balaban J connectivity index is 1.73. The molecule has 1 aromatic carbocycles. The molecule has 2 aromatic heterocycles. The number of hydrogen-bond acceptors (Lipinski definition) is 3. The first-order valence-electron chi connectivity index (χ1n) is 7.56. The van der Waals surface area contributed by atoms with Crippen LogP contribution in [0.2, 0.25) is 10.0 Å². The Morgan fingerprint density at radius 2 is 1.96 bits per heavy atom. The summed E-state index contributed by atoms with van der Waals surface area (Å²) in [5.74, 6) is -0.616. The van der Waals surface area contributed by atoms with Gasteiger partial charge in [0.2, 0.25) is 0 Å². The van der Waals surface area contributed by atoms with Crippen molar-refractivity contribution in [2.24, 2.45) is 0 Å². The minimum atomic E-state index is -4.61. The van der Waals surface area contributed by atoms with E-state index in [0.717, 1.165) is 11.3 Å². The minimum absolute atomic E-state index is 0.189. The molecule has 0 unspecified atom stereocenters. The Bertz CT molecular complexity index is 996. The molecule has 0 fully saturated rings. The van der Waals surface area contributed by atoms with E-state index in [4.69, 9.17) is 23.2 Å². The van der Waals surface area contributed by atoms with Crippen LogP contribution in [-0.2, 0) is 12.7 Å². The number of rotatable bonds is 4. The molecule has 2 N–H and O–H groups in total. The number of carbonyl (C=O) groups excluding carboxylic acids is 1. The predicted molar refractivity (Wildman–Crippen MR) is 94.1 cm³/mol. The van der Waals surface area contributed by atoms with Crippen molar-refractivity contribution in [3.8, 4) is 0 Å². The summed E-state index contributed by atoms with van der Waals surface area (Å²) >= 11 is 11.9. The van der Waals surface area contributed by atoms with Gasteiger partial charge in [0.05, 0.1) is 16.6 Å². The summed E-state index contributed by atoms with van der Waals surface area (Å²) in [5.41, 5.74) is 0.0814. The molecule has 2 heterocycles. The van der Waals surface area contributed by atoms with Crippen LogP contribution in [0, 0.1) is 6.92 Å². The highest BCUT2D eigenvalue weighted by Gasteiger charge is 2.33. The zero-order valence-corrected chi connectivity index (χ0v) is 15.2. The molecule has 1 amide bonds. The van der Waals surface area contributed by atoms with Crippen molar-refractivity contribution in [1.82, 2.24) is 20.0 Å². The van der Waals surface area contributed by atoms with Gasteiger partial charge in [0, 0.05) is 17.8 Å². The van der Waals surface area contributed by atoms with Crippen LogP contribution in [0.15, 0.2) is 30.3 Å². The molecule has 0 atom stereocenters. The highest BCUT2D eigenvalue weighted by atomic mass is 35.5. The Morgan fingerprint density at radius 1 is 1.22 bits per heavy atom. The van der Waals surface area contributed by atoms with Gasteiger partial charge in [-0.1, -0.05) is 29.3 Å². The Labute approximate surface area is 161 Å². The molecule has 11 heteroatoms. The quantitative estimate of drug-likeness (QED) is 0.653. The first-order valence-corrected chi connectivity index (χ1v) is 8.31. The largest absolute Gasteiger partial charge is 0.432 e. The Morgan fingerprint density at radius 3 is 2.59 bits per heavy atom. The second-order valence-corrected chi connectivity index (χ2v) is 6.51. The highest BCUT2D eigenvalue weighted by Crippen LogP contribution is 2.28. The van der Waals surface area contributed by atoms with Gasteiger partial charge in [0.25, 0.3) is 5.91 Å². The molecular weight excluding hydrogens is 406 g/mol. The van der Waals surface area contributed by atoms with Crippen molar-refractivity contribution in [3.63, 3.8) is 0 Å². The molecule has 27 heavy (non-hydrogen) atoms. The van der Waals surface area contributed by atoms with Crippen LogP contribution in [0.5, 0.6) is 0 Å². The summed E-state index contributed by atoms with van der Waals surface area (Å²) in [4.78, 5) is 12.1. The Hall–Kier alpha value is -2.52. The number of carbonyl (C=O) groups is 1. The number of nitrogens with zero attached hydrogens (tertiary/aromatic N) is 3. The van der Waals surface area contributed by atoms with Crippen molar-refractivity contribution in [1.29, 1.82) is 0 Å². The summed E-state index contributed by atoms with van der Waals surface area (Å²) in [5, 5.41) is 12.7. The van der Waals surface area contributed by atoms with Gasteiger partial charge in [-0.25, -0.2) is 0 Å². The number of aryl methyl sites for hydroxylation is 1. The molecule has 0 aliphatic rings. The summed E-state index contributed by atoms with van der Waals surface area (Å²) in [6, 6.07) is 7.37. The third-order valence-electron chi connectivity index (χ3n) is 3.66. The lowest BCUT2D eigenvalue weighted by molar-refractivity contribution is -0.141. The Kier molecular flexibility index (Phi) is 5.16. The maximum atomic E-state index is 12.6. The first kappa shape index (κ1) is 19.2. The fourth-order valence-corrected chi connectivity index (χ4v) is 2.63. The van der Waals surface area contributed by atoms with Gasteiger partial charge >= 0.3 is 6.18 Å². The number of benzene rings is 1. The number of amides is 1. The van der Waals surface area contributed by atoms with Crippen molar-refractivity contribution in [3.05, 3.63) is 63.0 Å². The maximum Gasteiger partial charge on any atom is 0.432 e. The van der Waals surface area contributed by atoms with E-state index in [9.17, 15) is 18.0 Å². The predicted octanol–water partition coefficient (Wildman–Crippen LogP) is 4.54. The van der Waals surface area contributed by atoms with Crippen LogP contribution in [0.25, 0.3) is 0 Å². The van der Waals surface area contributed by atoms with Crippen molar-refractivity contribution in [2.45, 2.75) is 19.6 Å². The lowest BCUT2D eigenvalue weighted by atomic mass is 10.2. The van der Waals surface area contributed by atoms with Crippen LogP contribution < -0.4 is 5.32 Å². The summed E-state index contributed by atoms with van der Waals surface area (Å²) in [6.07, 6.45) is -4.61.